The number of thiophene rings is 1. The lowest BCUT2D eigenvalue weighted by Gasteiger charge is -2.21. The number of fused-ring (bicyclic) bond motifs is 5. The maximum absolute atomic E-state index is 6.39. The number of hydrogen-bond acceptors (Lipinski definition) is 2. The Bertz CT molecular complexity index is 484. The van der Waals surface area contributed by atoms with Crippen molar-refractivity contribution < 1.29 is 0 Å². The van der Waals surface area contributed by atoms with Gasteiger partial charge in [0.2, 0.25) is 0 Å². The fourth-order valence-electron chi connectivity index (χ4n) is 5.08. The van der Waals surface area contributed by atoms with E-state index >= 15 is 0 Å². The van der Waals surface area contributed by atoms with Crippen LogP contribution in [-0.2, 0) is 0 Å². The Balaban J connectivity index is 1.62. The van der Waals surface area contributed by atoms with Crippen LogP contribution in [0.5, 0.6) is 0 Å². The summed E-state index contributed by atoms with van der Waals surface area (Å²) in [6.45, 7) is 3.18. The Labute approximate surface area is 128 Å². The predicted octanol–water partition coefficient (Wildman–Crippen LogP) is 5.00. The summed E-state index contributed by atoms with van der Waals surface area (Å²) in [5.41, 5.74) is 1.25. The molecule has 5 atom stereocenters. The lowest BCUT2D eigenvalue weighted by Crippen LogP contribution is -2.25. The molecule has 1 heterocycles. The first-order valence-corrected chi connectivity index (χ1v) is 8.96. The second kappa shape index (κ2) is 4.62. The molecule has 1 aromatic heterocycles. The van der Waals surface area contributed by atoms with E-state index in [-0.39, 0.29) is 0 Å². The summed E-state index contributed by atoms with van der Waals surface area (Å²) in [4.78, 5) is 0. The number of nitrogens with one attached hydrogen (secondary N) is 1. The van der Waals surface area contributed by atoms with Gasteiger partial charge in [-0.2, -0.15) is 0 Å². The van der Waals surface area contributed by atoms with E-state index in [9.17, 15) is 0 Å². The second-order valence-electron chi connectivity index (χ2n) is 6.38. The molecule has 3 saturated carbocycles. The first kappa shape index (κ1) is 12.9. The van der Waals surface area contributed by atoms with E-state index in [1.54, 1.807) is 0 Å². The van der Waals surface area contributed by atoms with Crippen LogP contribution >= 0.6 is 34.5 Å². The lowest BCUT2D eigenvalue weighted by molar-refractivity contribution is 0.375. The molecular weight excluding hydrogens is 297 g/mol. The van der Waals surface area contributed by atoms with Crippen molar-refractivity contribution in [3.8, 4) is 0 Å². The third kappa shape index (κ3) is 1.91. The van der Waals surface area contributed by atoms with Gasteiger partial charge in [0.05, 0.1) is 8.67 Å². The van der Waals surface area contributed by atoms with Crippen molar-refractivity contribution in [2.24, 2.45) is 29.6 Å². The normalized spacial score (nSPS) is 40.5. The Morgan fingerprint density at radius 1 is 1.32 bits per heavy atom. The van der Waals surface area contributed by atoms with E-state index in [1.165, 1.54) is 36.2 Å². The van der Waals surface area contributed by atoms with Crippen LogP contribution in [0, 0.1) is 29.6 Å². The van der Waals surface area contributed by atoms with Crippen LogP contribution in [0.1, 0.15) is 37.8 Å². The molecule has 4 rings (SSSR count). The van der Waals surface area contributed by atoms with E-state index < -0.39 is 0 Å². The fourth-order valence-corrected chi connectivity index (χ4v) is 6.63. The van der Waals surface area contributed by atoms with Crippen LogP contribution in [0.2, 0.25) is 8.67 Å². The van der Waals surface area contributed by atoms with Gasteiger partial charge in [-0.15, -0.1) is 11.3 Å². The van der Waals surface area contributed by atoms with Gasteiger partial charge in [0.15, 0.2) is 0 Å². The summed E-state index contributed by atoms with van der Waals surface area (Å²) < 4.78 is 1.70. The highest BCUT2D eigenvalue weighted by molar-refractivity contribution is 7.20. The van der Waals surface area contributed by atoms with Crippen molar-refractivity contribution in [3.05, 3.63) is 20.3 Å². The van der Waals surface area contributed by atoms with Gasteiger partial charge in [-0.1, -0.05) is 30.1 Å². The highest BCUT2D eigenvalue weighted by Gasteiger charge is 2.66. The molecule has 4 heteroatoms. The van der Waals surface area contributed by atoms with E-state index in [4.69, 9.17) is 23.2 Å². The zero-order chi connectivity index (χ0) is 13.1. The van der Waals surface area contributed by atoms with Crippen molar-refractivity contribution >= 4 is 34.5 Å². The van der Waals surface area contributed by atoms with E-state index in [1.807, 2.05) is 0 Å². The molecule has 19 heavy (non-hydrogen) atoms. The summed E-state index contributed by atoms with van der Waals surface area (Å²) in [6, 6.07) is 2.51. The molecule has 5 unspecified atom stereocenters. The van der Waals surface area contributed by atoms with Gasteiger partial charge in [0.1, 0.15) is 0 Å². The van der Waals surface area contributed by atoms with Crippen molar-refractivity contribution in [3.63, 3.8) is 0 Å². The third-order valence-corrected chi connectivity index (χ3v) is 7.14. The summed E-state index contributed by atoms with van der Waals surface area (Å²) in [6.07, 6.45) is 4.45. The number of rotatable bonds is 4. The zero-order valence-electron chi connectivity index (χ0n) is 11.0. The van der Waals surface area contributed by atoms with Crippen LogP contribution in [0.3, 0.4) is 0 Å². The third-order valence-electron chi connectivity index (χ3n) is 5.62. The van der Waals surface area contributed by atoms with Crippen molar-refractivity contribution in [1.29, 1.82) is 0 Å². The van der Waals surface area contributed by atoms with Gasteiger partial charge < -0.3 is 5.32 Å². The molecule has 0 radical (unpaired) electrons. The highest BCUT2D eigenvalue weighted by atomic mass is 35.5. The van der Waals surface area contributed by atoms with Gasteiger partial charge in [0, 0.05) is 11.6 Å². The number of halogens is 2. The Hall–Kier alpha value is 0.240. The number of hydrogen-bond donors (Lipinski definition) is 1. The molecule has 0 saturated heterocycles. The monoisotopic (exact) mass is 315 g/mol. The summed E-state index contributed by atoms with van der Waals surface area (Å²) in [7, 11) is 0. The molecule has 0 aromatic carbocycles. The maximum Gasteiger partial charge on any atom is 0.0992 e. The standard InChI is InChI=1S/C15H19Cl2NS/c1-2-18-14(9-6-10(16)19-15(9)17)13-11-7-3-4-8(5-7)12(11)13/h6-8,11-14,18H,2-5H2,1H3. The van der Waals surface area contributed by atoms with Gasteiger partial charge in [-0.05, 0) is 61.5 Å². The van der Waals surface area contributed by atoms with E-state index in [2.05, 4.69) is 18.3 Å². The van der Waals surface area contributed by atoms with Gasteiger partial charge in [-0.25, -0.2) is 0 Å². The minimum absolute atomic E-state index is 0.430. The Kier molecular flexibility index (Phi) is 3.15. The van der Waals surface area contributed by atoms with E-state index in [0.717, 1.165) is 44.8 Å². The van der Waals surface area contributed by atoms with Crippen LogP contribution in [0.15, 0.2) is 6.07 Å². The fraction of sp³-hybridized carbons (Fsp3) is 0.733. The molecule has 1 nitrogen and oxygen atoms in total. The average molecular weight is 316 g/mol. The van der Waals surface area contributed by atoms with Crippen LogP contribution in [-0.4, -0.2) is 6.54 Å². The smallest absolute Gasteiger partial charge is 0.0992 e. The average Bonchev–Trinajstić information content (AvgIpc) is 2.70. The Morgan fingerprint density at radius 2 is 2.00 bits per heavy atom. The highest BCUT2D eigenvalue weighted by Crippen LogP contribution is 2.72. The van der Waals surface area contributed by atoms with Crippen LogP contribution in [0.25, 0.3) is 0 Å². The SMILES string of the molecule is CCNC(c1cc(Cl)sc1Cl)C1C2C3CCC(C3)C21. The van der Waals surface area contributed by atoms with Crippen LogP contribution in [0.4, 0.5) is 0 Å². The minimum Gasteiger partial charge on any atom is -0.310 e. The van der Waals surface area contributed by atoms with Gasteiger partial charge >= 0.3 is 0 Å². The van der Waals surface area contributed by atoms with Crippen LogP contribution < -0.4 is 5.32 Å². The molecule has 104 valence electrons. The molecule has 2 bridgehead atoms. The maximum atomic E-state index is 6.39. The topological polar surface area (TPSA) is 12.0 Å². The molecule has 1 aromatic rings. The van der Waals surface area contributed by atoms with Crippen molar-refractivity contribution in [1.82, 2.24) is 5.32 Å². The molecule has 0 aliphatic heterocycles. The first-order valence-electron chi connectivity index (χ1n) is 7.38. The molecule has 1 N–H and O–H groups in total. The summed E-state index contributed by atoms with van der Waals surface area (Å²) in [5, 5.41) is 3.68. The molecule has 3 aliphatic rings. The minimum atomic E-state index is 0.430. The first-order chi connectivity index (χ1) is 9.20. The largest absolute Gasteiger partial charge is 0.310 e. The lowest BCUT2D eigenvalue weighted by atomic mass is 9.94. The quantitative estimate of drug-likeness (QED) is 0.824. The molecule has 3 fully saturated rings. The molecule has 3 aliphatic carbocycles. The summed E-state index contributed by atoms with van der Waals surface area (Å²) >= 11 is 14.0. The Morgan fingerprint density at radius 3 is 2.53 bits per heavy atom. The predicted molar refractivity (Wildman–Crippen MR) is 82.1 cm³/mol. The van der Waals surface area contributed by atoms with Gasteiger partial charge in [-0.3, -0.25) is 0 Å². The van der Waals surface area contributed by atoms with Crippen molar-refractivity contribution in [2.45, 2.75) is 32.2 Å². The van der Waals surface area contributed by atoms with E-state index in [0.29, 0.717) is 6.04 Å². The van der Waals surface area contributed by atoms with Crippen molar-refractivity contribution in [2.75, 3.05) is 6.54 Å². The molecule has 0 spiro atoms. The molecule has 0 amide bonds. The second-order valence-corrected chi connectivity index (χ2v) is 8.67. The van der Waals surface area contributed by atoms with Gasteiger partial charge in [0.25, 0.3) is 0 Å². The molecular formula is C15H19Cl2NS. The zero-order valence-corrected chi connectivity index (χ0v) is 13.4. The summed E-state index contributed by atoms with van der Waals surface area (Å²) in [5.74, 6) is 4.77.